The Morgan fingerprint density at radius 2 is 2.20 bits per heavy atom. The number of benzene rings is 1. The van der Waals surface area contributed by atoms with Gasteiger partial charge in [-0.3, -0.25) is 4.79 Å². The van der Waals surface area contributed by atoms with E-state index < -0.39 is 0 Å². The van der Waals surface area contributed by atoms with Gasteiger partial charge in [-0.2, -0.15) is 0 Å². The zero-order valence-corrected chi connectivity index (χ0v) is 18.9. The number of nitrogens with one attached hydrogen (secondary N) is 1. The molecule has 154 valence electrons. The van der Waals surface area contributed by atoms with Gasteiger partial charge in [0.15, 0.2) is 11.0 Å². The van der Waals surface area contributed by atoms with Crippen LogP contribution in [0.15, 0.2) is 34.2 Å². The van der Waals surface area contributed by atoms with E-state index in [2.05, 4.69) is 41.2 Å². The lowest BCUT2D eigenvalue weighted by molar-refractivity contribution is 0.509. The number of aromatic nitrogens is 5. The minimum atomic E-state index is -0.0129. The van der Waals surface area contributed by atoms with Gasteiger partial charge in [-0.15, -0.1) is 21.5 Å². The van der Waals surface area contributed by atoms with Crippen molar-refractivity contribution >= 4 is 33.3 Å². The molecule has 8 heteroatoms. The van der Waals surface area contributed by atoms with Crippen molar-refractivity contribution in [2.75, 3.05) is 0 Å². The van der Waals surface area contributed by atoms with Gasteiger partial charge in [-0.05, 0) is 43.7 Å². The summed E-state index contributed by atoms with van der Waals surface area (Å²) in [6.07, 6.45) is 3.18. The summed E-state index contributed by atoms with van der Waals surface area (Å²) in [6.45, 7) is 4.34. The van der Waals surface area contributed by atoms with Gasteiger partial charge in [-0.25, -0.2) is 4.98 Å². The maximum Gasteiger partial charge on any atom is 0.259 e. The summed E-state index contributed by atoms with van der Waals surface area (Å²) in [5, 5.41) is 10.3. The topological polar surface area (TPSA) is 76.5 Å². The fourth-order valence-electron chi connectivity index (χ4n) is 4.07. The Hall–Kier alpha value is -2.45. The highest BCUT2D eigenvalue weighted by Crippen LogP contribution is 2.36. The highest BCUT2D eigenvalue weighted by atomic mass is 32.2. The molecule has 0 saturated carbocycles. The number of thiophene rings is 1. The van der Waals surface area contributed by atoms with E-state index in [1.165, 1.54) is 27.8 Å². The summed E-state index contributed by atoms with van der Waals surface area (Å²) in [6, 6.07) is 8.23. The van der Waals surface area contributed by atoms with Gasteiger partial charge < -0.3 is 9.55 Å². The molecule has 1 aliphatic carbocycles. The Labute approximate surface area is 182 Å². The van der Waals surface area contributed by atoms with Gasteiger partial charge in [0.2, 0.25) is 0 Å². The van der Waals surface area contributed by atoms with Crippen LogP contribution in [-0.2, 0) is 25.6 Å². The van der Waals surface area contributed by atoms with Crippen molar-refractivity contribution in [3.8, 4) is 11.4 Å². The summed E-state index contributed by atoms with van der Waals surface area (Å²) in [4.78, 5) is 22.8. The largest absolute Gasteiger partial charge is 0.309 e. The standard InChI is InChI=1S/C22H23N5OS2/c1-12-5-4-6-14(9-12)19-25-26-22(27(19)3)29-11-17-23-20(28)18-15-8-7-13(2)10-16(15)30-21(18)24-17/h4-6,9,13H,7-8,10-11H2,1-3H3,(H,23,24,28)/t13-/m0/s1. The van der Waals surface area contributed by atoms with Crippen LogP contribution in [0.5, 0.6) is 0 Å². The molecule has 0 amide bonds. The van der Waals surface area contributed by atoms with Gasteiger partial charge in [-0.1, -0.05) is 42.4 Å². The highest BCUT2D eigenvalue weighted by Gasteiger charge is 2.23. The third-order valence-electron chi connectivity index (χ3n) is 5.66. The molecule has 3 aromatic heterocycles. The molecule has 5 rings (SSSR count). The normalized spacial score (nSPS) is 16.2. The number of fused-ring (bicyclic) bond motifs is 3. The molecule has 0 spiro atoms. The summed E-state index contributed by atoms with van der Waals surface area (Å²) >= 11 is 3.22. The first kappa shape index (κ1) is 19.5. The van der Waals surface area contributed by atoms with Gasteiger partial charge >= 0.3 is 0 Å². The maximum atomic E-state index is 12.8. The third-order valence-corrected chi connectivity index (χ3v) is 7.84. The Kier molecular flexibility index (Phi) is 4.99. The van der Waals surface area contributed by atoms with Crippen molar-refractivity contribution in [3.63, 3.8) is 0 Å². The molecule has 4 aromatic rings. The number of H-pyrrole nitrogens is 1. The molecule has 0 unspecified atom stereocenters. The van der Waals surface area contributed by atoms with Crippen LogP contribution >= 0.6 is 23.1 Å². The lowest BCUT2D eigenvalue weighted by atomic mass is 9.89. The average molecular weight is 438 g/mol. The van der Waals surface area contributed by atoms with Crippen molar-refractivity contribution in [2.24, 2.45) is 13.0 Å². The van der Waals surface area contributed by atoms with Crippen LogP contribution in [0.25, 0.3) is 21.6 Å². The van der Waals surface area contributed by atoms with Crippen molar-refractivity contribution in [3.05, 3.63) is 56.4 Å². The van der Waals surface area contributed by atoms with Crippen LogP contribution in [0.1, 0.15) is 35.2 Å². The third kappa shape index (κ3) is 3.48. The number of rotatable bonds is 4. The second-order valence-electron chi connectivity index (χ2n) is 8.07. The summed E-state index contributed by atoms with van der Waals surface area (Å²) in [5.74, 6) is 2.74. The predicted octanol–water partition coefficient (Wildman–Crippen LogP) is 4.51. The molecule has 1 N–H and O–H groups in total. The minimum absolute atomic E-state index is 0.0129. The zero-order chi connectivity index (χ0) is 20.8. The van der Waals surface area contributed by atoms with Crippen LogP contribution in [0.3, 0.4) is 0 Å². The van der Waals surface area contributed by atoms with Gasteiger partial charge in [0.05, 0.1) is 11.1 Å². The Morgan fingerprint density at radius 3 is 3.03 bits per heavy atom. The molecule has 0 saturated heterocycles. The van der Waals surface area contributed by atoms with E-state index >= 15 is 0 Å². The number of hydrogen-bond donors (Lipinski definition) is 1. The molecule has 1 atom stereocenters. The van der Waals surface area contributed by atoms with Gasteiger partial charge in [0.25, 0.3) is 5.56 Å². The van der Waals surface area contributed by atoms with E-state index in [-0.39, 0.29) is 5.56 Å². The smallest absolute Gasteiger partial charge is 0.259 e. The number of nitrogens with zero attached hydrogens (tertiary/aromatic N) is 4. The maximum absolute atomic E-state index is 12.8. The zero-order valence-electron chi connectivity index (χ0n) is 17.2. The van der Waals surface area contributed by atoms with E-state index in [9.17, 15) is 4.79 Å². The number of aromatic amines is 1. The number of thioether (sulfide) groups is 1. The molecule has 3 heterocycles. The number of aryl methyl sites for hydroxylation is 2. The lowest BCUT2D eigenvalue weighted by Crippen LogP contribution is -2.14. The highest BCUT2D eigenvalue weighted by molar-refractivity contribution is 7.98. The molecular weight excluding hydrogens is 414 g/mol. The lowest BCUT2D eigenvalue weighted by Gasteiger charge is -2.17. The molecule has 30 heavy (non-hydrogen) atoms. The van der Waals surface area contributed by atoms with E-state index in [1.54, 1.807) is 11.3 Å². The molecule has 0 aliphatic heterocycles. The van der Waals surface area contributed by atoms with Crippen molar-refractivity contribution in [1.82, 2.24) is 24.7 Å². The van der Waals surface area contributed by atoms with Gasteiger partial charge in [0, 0.05) is 17.5 Å². The van der Waals surface area contributed by atoms with E-state index in [4.69, 9.17) is 4.98 Å². The van der Waals surface area contributed by atoms with Crippen LogP contribution in [0.2, 0.25) is 0 Å². The second-order valence-corrected chi connectivity index (χ2v) is 10.1. The van der Waals surface area contributed by atoms with E-state index in [1.807, 2.05) is 23.7 Å². The SMILES string of the molecule is Cc1cccc(-c2nnc(SCc3nc4sc5c(c4c(=O)[nH]3)CC[C@H](C)C5)n2C)c1. The van der Waals surface area contributed by atoms with E-state index in [0.29, 0.717) is 17.5 Å². The van der Waals surface area contributed by atoms with Crippen molar-refractivity contribution in [1.29, 1.82) is 0 Å². The molecule has 1 aromatic carbocycles. The van der Waals surface area contributed by atoms with Crippen LogP contribution in [0.4, 0.5) is 0 Å². The summed E-state index contributed by atoms with van der Waals surface area (Å²) in [7, 11) is 1.97. The first-order valence-corrected chi connectivity index (χ1v) is 11.9. The Balaban J connectivity index is 1.40. The first-order chi connectivity index (χ1) is 14.5. The molecule has 1 aliphatic rings. The van der Waals surface area contributed by atoms with Crippen LogP contribution < -0.4 is 5.56 Å². The van der Waals surface area contributed by atoms with Gasteiger partial charge in [0.1, 0.15) is 10.7 Å². The van der Waals surface area contributed by atoms with E-state index in [0.717, 1.165) is 46.0 Å². The van der Waals surface area contributed by atoms with Crippen LogP contribution in [-0.4, -0.2) is 24.7 Å². The summed E-state index contributed by atoms with van der Waals surface area (Å²) < 4.78 is 1.99. The monoisotopic (exact) mass is 437 g/mol. The molecule has 6 nitrogen and oxygen atoms in total. The predicted molar refractivity (Wildman–Crippen MR) is 122 cm³/mol. The second kappa shape index (κ2) is 7.67. The fraction of sp³-hybridized carbons (Fsp3) is 0.364. The minimum Gasteiger partial charge on any atom is -0.309 e. The number of hydrogen-bond acceptors (Lipinski definition) is 6. The Morgan fingerprint density at radius 1 is 1.33 bits per heavy atom. The molecule has 0 bridgehead atoms. The van der Waals surface area contributed by atoms with Crippen molar-refractivity contribution in [2.45, 2.75) is 44.0 Å². The first-order valence-electron chi connectivity index (χ1n) is 10.1. The van der Waals surface area contributed by atoms with Crippen LogP contribution in [0, 0.1) is 12.8 Å². The molecule has 0 fully saturated rings. The molecular formula is C22H23N5OS2. The Bertz CT molecular complexity index is 1300. The van der Waals surface area contributed by atoms with Crippen molar-refractivity contribution < 1.29 is 0 Å². The molecule has 0 radical (unpaired) electrons. The average Bonchev–Trinajstić information content (AvgIpc) is 3.26. The summed E-state index contributed by atoms with van der Waals surface area (Å²) in [5.41, 5.74) is 3.44. The quantitative estimate of drug-likeness (QED) is 0.476. The fourth-order valence-corrected chi connectivity index (χ4v) is 6.25.